The summed E-state index contributed by atoms with van der Waals surface area (Å²) in [5.74, 6) is 0.516. The summed E-state index contributed by atoms with van der Waals surface area (Å²) in [5.41, 5.74) is 0.993. The highest BCUT2D eigenvalue weighted by atomic mass is 35.5. The van der Waals surface area contributed by atoms with Crippen LogP contribution in [0.15, 0.2) is 30.3 Å². The summed E-state index contributed by atoms with van der Waals surface area (Å²) in [5, 5.41) is 3.05. The van der Waals surface area contributed by atoms with Crippen molar-refractivity contribution in [2.75, 3.05) is 6.54 Å². The normalized spacial score (nSPS) is 22.6. The minimum atomic E-state index is -0.355. The van der Waals surface area contributed by atoms with Crippen LogP contribution < -0.4 is 5.32 Å². The maximum absolute atomic E-state index is 11.4. The number of carbonyl (C=O) groups is 1. The summed E-state index contributed by atoms with van der Waals surface area (Å²) < 4.78 is 5.09. The SMILES string of the molecule is O=C(NCC1CC(Cl)C1)OCc1ccccc1. The zero-order valence-electron chi connectivity index (χ0n) is 9.56. The molecule has 0 aliphatic heterocycles. The Morgan fingerprint density at radius 2 is 2.06 bits per heavy atom. The van der Waals surface area contributed by atoms with Crippen molar-refractivity contribution in [3.8, 4) is 0 Å². The Balaban J connectivity index is 1.61. The Morgan fingerprint density at radius 3 is 2.71 bits per heavy atom. The Bertz CT molecular complexity index is 363. The van der Waals surface area contributed by atoms with Crippen LogP contribution in [0.3, 0.4) is 0 Å². The molecule has 17 heavy (non-hydrogen) atoms. The number of halogens is 1. The zero-order chi connectivity index (χ0) is 12.1. The van der Waals surface area contributed by atoms with Crippen molar-refractivity contribution >= 4 is 17.7 Å². The van der Waals surface area contributed by atoms with Crippen molar-refractivity contribution in [3.05, 3.63) is 35.9 Å². The molecular weight excluding hydrogens is 238 g/mol. The highest BCUT2D eigenvalue weighted by Gasteiger charge is 2.27. The van der Waals surface area contributed by atoms with Crippen molar-refractivity contribution in [3.63, 3.8) is 0 Å². The van der Waals surface area contributed by atoms with Gasteiger partial charge < -0.3 is 10.1 Å². The molecule has 4 heteroatoms. The molecule has 0 spiro atoms. The lowest BCUT2D eigenvalue weighted by Crippen LogP contribution is -2.36. The van der Waals surface area contributed by atoms with Crippen molar-refractivity contribution < 1.29 is 9.53 Å². The van der Waals surface area contributed by atoms with Crippen LogP contribution in [0.1, 0.15) is 18.4 Å². The fourth-order valence-corrected chi connectivity index (χ4v) is 2.33. The topological polar surface area (TPSA) is 38.3 Å². The number of alkyl halides is 1. The molecule has 0 aromatic heterocycles. The second-order valence-electron chi connectivity index (χ2n) is 4.38. The van der Waals surface area contributed by atoms with E-state index in [-0.39, 0.29) is 6.09 Å². The van der Waals surface area contributed by atoms with E-state index in [0.29, 0.717) is 24.4 Å². The van der Waals surface area contributed by atoms with Crippen LogP contribution in [-0.4, -0.2) is 18.0 Å². The van der Waals surface area contributed by atoms with Gasteiger partial charge in [-0.1, -0.05) is 30.3 Å². The monoisotopic (exact) mass is 253 g/mol. The van der Waals surface area contributed by atoms with Crippen molar-refractivity contribution in [2.24, 2.45) is 5.92 Å². The molecule has 1 aromatic carbocycles. The molecule has 1 aliphatic carbocycles. The van der Waals surface area contributed by atoms with E-state index in [9.17, 15) is 4.79 Å². The summed E-state index contributed by atoms with van der Waals surface area (Å²) in [4.78, 5) is 11.4. The highest BCUT2D eigenvalue weighted by Crippen LogP contribution is 2.31. The first-order chi connectivity index (χ1) is 8.24. The molecule has 1 aromatic rings. The number of nitrogens with one attached hydrogen (secondary N) is 1. The van der Waals surface area contributed by atoms with Gasteiger partial charge >= 0.3 is 6.09 Å². The number of hydrogen-bond donors (Lipinski definition) is 1. The summed E-state index contributed by atoms with van der Waals surface area (Å²) in [7, 11) is 0. The van der Waals surface area contributed by atoms with Gasteiger partial charge in [0.05, 0.1) is 0 Å². The third-order valence-electron chi connectivity index (χ3n) is 2.93. The lowest BCUT2D eigenvalue weighted by molar-refractivity contribution is 0.135. The van der Waals surface area contributed by atoms with Crippen molar-refractivity contribution in [2.45, 2.75) is 24.8 Å². The molecule has 1 fully saturated rings. The Hall–Kier alpha value is -1.22. The van der Waals surface area contributed by atoms with Crippen molar-refractivity contribution in [1.82, 2.24) is 5.32 Å². The van der Waals surface area contributed by atoms with Gasteiger partial charge in [0.1, 0.15) is 6.61 Å². The van der Waals surface area contributed by atoms with Crippen LogP contribution in [0.4, 0.5) is 4.79 Å². The number of alkyl carbamates (subject to hydrolysis) is 1. The average Bonchev–Trinajstić information content (AvgIpc) is 2.32. The molecule has 92 valence electrons. The van der Waals surface area contributed by atoms with E-state index in [2.05, 4.69) is 5.32 Å². The van der Waals surface area contributed by atoms with Crippen molar-refractivity contribution in [1.29, 1.82) is 0 Å². The van der Waals surface area contributed by atoms with E-state index >= 15 is 0 Å². The summed E-state index contributed by atoms with van der Waals surface area (Å²) in [6.07, 6.45) is 1.62. The van der Waals surface area contributed by atoms with Crippen LogP contribution in [0.2, 0.25) is 0 Å². The number of rotatable bonds is 4. The molecule has 0 unspecified atom stereocenters. The lowest BCUT2D eigenvalue weighted by Gasteiger charge is -2.30. The third kappa shape index (κ3) is 3.93. The predicted octanol–water partition coefficient (Wildman–Crippen LogP) is 2.93. The fourth-order valence-electron chi connectivity index (χ4n) is 1.82. The van der Waals surface area contributed by atoms with E-state index in [1.165, 1.54) is 0 Å². The number of ether oxygens (including phenoxy) is 1. The van der Waals surface area contributed by atoms with Gasteiger partial charge in [0.25, 0.3) is 0 Å². The van der Waals surface area contributed by atoms with E-state index in [1.54, 1.807) is 0 Å². The fraction of sp³-hybridized carbons (Fsp3) is 0.462. The minimum Gasteiger partial charge on any atom is -0.445 e. The number of carbonyl (C=O) groups excluding carboxylic acids is 1. The second kappa shape index (κ2) is 5.92. The summed E-state index contributed by atoms with van der Waals surface area (Å²) in [6, 6.07) is 9.63. The van der Waals surface area contributed by atoms with Crippen LogP contribution >= 0.6 is 11.6 Å². The Labute approximate surface area is 106 Å². The van der Waals surface area contributed by atoms with Gasteiger partial charge in [0.2, 0.25) is 0 Å². The molecule has 0 bridgehead atoms. The molecular formula is C13H16ClNO2. The predicted molar refractivity (Wildman–Crippen MR) is 67.0 cm³/mol. The van der Waals surface area contributed by atoms with Gasteiger partial charge in [-0.3, -0.25) is 0 Å². The minimum absolute atomic E-state index is 0.294. The largest absolute Gasteiger partial charge is 0.445 e. The maximum Gasteiger partial charge on any atom is 0.407 e. The summed E-state index contributed by atoms with van der Waals surface area (Å²) >= 11 is 5.86. The Kier molecular flexibility index (Phi) is 4.26. The van der Waals surface area contributed by atoms with Gasteiger partial charge in [-0.25, -0.2) is 4.79 Å². The first-order valence-electron chi connectivity index (χ1n) is 5.82. The van der Waals surface area contributed by atoms with E-state index in [1.807, 2.05) is 30.3 Å². The number of amides is 1. The first kappa shape index (κ1) is 12.2. The summed E-state index contributed by atoms with van der Waals surface area (Å²) in [6.45, 7) is 0.978. The molecule has 3 nitrogen and oxygen atoms in total. The van der Waals surface area contributed by atoms with E-state index < -0.39 is 0 Å². The van der Waals surface area contributed by atoms with Gasteiger partial charge in [-0.15, -0.1) is 11.6 Å². The van der Waals surface area contributed by atoms with Crippen LogP contribution in [0.25, 0.3) is 0 Å². The molecule has 2 rings (SSSR count). The zero-order valence-corrected chi connectivity index (χ0v) is 10.3. The molecule has 0 radical (unpaired) electrons. The van der Waals surface area contributed by atoms with Crippen LogP contribution in [0, 0.1) is 5.92 Å². The van der Waals surface area contributed by atoms with E-state index in [0.717, 1.165) is 18.4 Å². The van der Waals surface area contributed by atoms with Gasteiger partial charge in [-0.05, 0) is 24.3 Å². The van der Waals surface area contributed by atoms with Gasteiger partial charge in [0, 0.05) is 11.9 Å². The number of benzene rings is 1. The molecule has 0 atom stereocenters. The smallest absolute Gasteiger partial charge is 0.407 e. The van der Waals surface area contributed by atoms with Gasteiger partial charge in [0.15, 0.2) is 0 Å². The van der Waals surface area contributed by atoms with E-state index in [4.69, 9.17) is 16.3 Å². The standard InChI is InChI=1S/C13H16ClNO2/c14-12-6-11(7-12)8-15-13(16)17-9-10-4-2-1-3-5-10/h1-5,11-12H,6-9H2,(H,15,16). The molecule has 1 aliphatic rings. The van der Waals surface area contributed by atoms with Crippen LogP contribution in [-0.2, 0) is 11.3 Å². The third-order valence-corrected chi connectivity index (χ3v) is 3.28. The molecule has 1 amide bonds. The quantitative estimate of drug-likeness (QED) is 0.838. The lowest BCUT2D eigenvalue weighted by atomic mass is 9.85. The molecule has 1 N–H and O–H groups in total. The second-order valence-corrected chi connectivity index (χ2v) is 4.99. The molecule has 0 heterocycles. The average molecular weight is 254 g/mol. The highest BCUT2D eigenvalue weighted by molar-refractivity contribution is 6.21. The first-order valence-corrected chi connectivity index (χ1v) is 6.26. The number of hydrogen-bond acceptors (Lipinski definition) is 2. The molecule has 1 saturated carbocycles. The maximum atomic E-state index is 11.4. The Morgan fingerprint density at radius 1 is 1.35 bits per heavy atom. The van der Waals surface area contributed by atoms with Gasteiger partial charge in [-0.2, -0.15) is 0 Å². The van der Waals surface area contributed by atoms with Crippen LogP contribution in [0.5, 0.6) is 0 Å². The molecule has 0 saturated heterocycles.